The van der Waals surface area contributed by atoms with Crippen LogP contribution < -0.4 is 4.74 Å². The number of carbonyl (C=O) groups excluding carboxylic acids is 1. The quantitative estimate of drug-likeness (QED) is 0.571. The van der Waals surface area contributed by atoms with Gasteiger partial charge in [-0.1, -0.05) is 23.7 Å². The maximum Gasteiger partial charge on any atom is 0.173 e. The summed E-state index contributed by atoms with van der Waals surface area (Å²) in [6.07, 6.45) is 0. The van der Waals surface area contributed by atoms with Gasteiger partial charge in [0.2, 0.25) is 0 Å². The summed E-state index contributed by atoms with van der Waals surface area (Å²) in [7, 11) is 0. The molecule has 0 amide bonds. The van der Waals surface area contributed by atoms with Crippen LogP contribution in [0.15, 0.2) is 53.4 Å². The lowest BCUT2D eigenvalue weighted by atomic mass is 10.1. The summed E-state index contributed by atoms with van der Waals surface area (Å²) in [6, 6.07) is 14.7. The molecule has 0 radical (unpaired) electrons. The molecule has 0 bridgehead atoms. The summed E-state index contributed by atoms with van der Waals surface area (Å²) in [5.74, 6) is 1.23. The first-order valence-corrected chi connectivity index (χ1v) is 7.70. The van der Waals surface area contributed by atoms with E-state index in [0.29, 0.717) is 22.9 Å². The smallest absolute Gasteiger partial charge is 0.173 e. The third-order valence-electron chi connectivity index (χ3n) is 2.68. The molecule has 0 fully saturated rings. The van der Waals surface area contributed by atoms with Crippen LogP contribution in [0.3, 0.4) is 0 Å². The van der Waals surface area contributed by atoms with E-state index in [9.17, 15) is 4.79 Å². The number of halogens is 1. The molecular formula is C16H15ClO2S. The van der Waals surface area contributed by atoms with Crippen LogP contribution in [-0.4, -0.2) is 18.1 Å². The van der Waals surface area contributed by atoms with Gasteiger partial charge in [-0.05, 0) is 43.3 Å². The highest BCUT2D eigenvalue weighted by atomic mass is 35.5. The molecule has 0 aromatic heterocycles. The Bertz CT molecular complexity index is 581. The van der Waals surface area contributed by atoms with Gasteiger partial charge in [0.15, 0.2) is 5.78 Å². The molecular weight excluding hydrogens is 292 g/mol. The first kappa shape index (κ1) is 14.9. The van der Waals surface area contributed by atoms with Crippen molar-refractivity contribution in [3.05, 3.63) is 59.1 Å². The van der Waals surface area contributed by atoms with Crippen molar-refractivity contribution in [2.75, 3.05) is 12.4 Å². The Kier molecular flexibility index (Phi) is 5.50. The number of rotatable bonds is 6. The van der Waals surface area contributed by atoms with Crippen molar-refractivity contribution >= 4 is 29.1 Å². The van der Waals surface area contributed by atoms with E-state index in [2.05, 4.69) is 0 Å². The van der Waals surface area contributed by atoms with Crippen molar-refractivity contribution in [1.82, 2.24) is 0 Å². The Hall–Kier alpha value is -1.45. The van der Waals surface area contributed by atoms with Crippen molar-refractivity contribution in [2.45, 2.75) is 11.8 Å². The van der Waals surface area contributed by atoms with Gasteiger partial charge in [-0.15, -0.1) is 11.8 Å². The van der Waals surface area contributed by atoms with E-state index in [4.69, 9.17) is 16.3 Å². The zero-order valence-corrected chi connectivity index (χ0v) is 12.7. The van der Waals surface area contributed by atoms with Gasteiger partial charge in [0, 0.05) is 10.5 Å². The molecule has 0 aliphatic carbocycles. The number of hydrogen-bond donors (Lipinski definition) is 0. The van der Waals surface area contributed by atoms with Crippen molar-refractivity contribution < 1.29 is 9.53 Å². The minimum Gasteiger partial charge on any atom is -0.494 e. The van der Waals surface area contributed by atoms with Crippen LogP contribution in [0.4, 0.5) is 0 Å². The van der Waals surface area contributed by atoms with Crippen LogP contribution in [0.2, 0.25) is 5.02 Å². The minimum atomic E-state index is 0.0815. The molecule has 0 unspecified atom stereocenters. The Labute approximate surface area is 128 Å². The summed E-state index contributed by atoms with van der Waals surface area (Å²) in [6.45, 7) is 2.55. The molecule has 2 aromatic carbocycles. The number of hydrogen-bond acceptors (Lipinski definition) is 3. The summed E-state index contributed by atoms with van der Waals surface area (Å²) in [5, 5.41) is 0.678. The van der Waals surface area contributed by atoms with Gasteiger partial charge < -0.3 is 4.74 Å². The van der Waals surface area contributed by atoms with Crippen molar-refractivity contribution in [2.24, 2.45) is 0 Å². The van der Waals surface area contributed by atoms with Gasteiger partial charge in [-0.25, -0.2) is 0 Å². The summed E-state index contributed by atoms with van der Waals surface area (Å²) >= 11 is 7.51. The fourth-order valence-corrected chi connectivity index (χ4v) is 2.83. The Balaban J connectivity index is 1.96. The van der Waals surface area contributed by atoms with Crippen LogP contribution in [0.25, 0.3) is 0 Å². The molecule has 0 spiro atoms. The van der Waals surface area contributed by atoms with Crippen LogP contribution in [0.1, 0.15) is 17.3 Å². The number of carbonyl (C=O) groups is 1. The molecule has 2 nitrogen and oxygen atoms in total. The third-order valence-corrected chi connectivity index (χ3v) is 4.20. The second-order valence-electron chi connectivity index (χ2n) is 4.10. The van der Waals surface area contributed by atoms with E-state index in [1.165, 1.54) is 11.8 Å². The maximum absolute atomic E-state index is 12.1. The van der Waals surface area contributed by atoms with Gasteiger partial charge in [-0.2, -0.15) is 0 Å². The van der Waals surface area contributed by atoms with Gasteiger partial charge in [-0.3, -0.25) is 4.79 Å². The minimum absolute atomic E-state index is 0.0815. The second kappa shape index (κ2) is 7.36. The van der Waals surface area contributed by atoms with Crippen LogP contribution in [0, 0.1) is 0 Å². The highest BCUT2D eigenvalue weighted by Gasteiger charge is 2.08. The summed E-state index contributed by atoms with van der Waals surface area (Å²) < 4.78 is 5.35. The Morgan fingerprint density at radius 2 is 1.85 bits per heavy atom. The van der Waals surface area contributed by atoms with Gasteiger partial charge >= 0.3 is 0 Å². The standard InChI is InChI=1S/C16H15ClO2S/c1-2-19-13-9-7-12(8-10-13)15(18)11-20-16-6-4-3-5-14(16)17/h3-10H,2,11H2,1H3. The van der Waals surface area contributed by atoms with Crippen molar-refractivity contribution in [3.63, 3.8) is 0 Å². The molecule has 0 N–H and O–H groups in total. The van der Waals surface area contributed by atoms with Crippen LogP contribution in [0.5, 0.6) is 5.75 Å². The molecule has 4 heteroatoms. The first-order chi connectivity index (χ1) is 9.70. The lowest BCUT2D eigenvalue weighted by Crippen LogP contribution is -2.02. The van der Waals surface area contributed by atoms with Gasteiger partial charge in [0.05, 0.1) is 17.4 Å². The first-order valence-electron chi connectivity index (χ1n) is 6.34. The van der Waals surface area contributed by atoms with E-state index >= 15 is 0 Å². The molecule has 2 rings (SSSR count). The SMILES string of the molecule is CCOc1ccc(C(=O)CSc2ccccc2Cl)cc1. The van der Waals surface area contributed by atoms with E-state index in [1.54, 1.807) is 12.1 Å². The monoisotopic (exact) mass is 306 g/mol. The number of thioether (sulfide) groups is 1. The van der Waals surface area contributed by atoms with E-state index in [-0.39, 0.29) is 5.78 Å². The zero-order valence-electron chi connectivity index (χ0n) is 11.1. The van der Waals surface area contributed by atoms with Crippen molar-refractivity contribution in [1.29, 1.82) is 0 Å². The lowest BCUT2D eigenvalue weighted by Gasteiger charge is -2.05. The zero-order chi connectivity index (χ0) is 14.4. The largest absolute Gasteiger partial charge is 0.494 e. The van der Waals surface area contributed by atoms with E-state index in [1.807, 2.05) is 43.3 Å². The Morgan fingerprint density at radius 3 is 2.50 bits per heavy atom. The molecule has 0 saturated heterocycles. The maximum atomic E-state index is 12.1. The number of Topliss-reactive ketones (excluding diaryl/α,β-unsaturated/α-hetero) is 1. The average Bonchev–Trinajstić information content (AvgIpc) is 2.47. The van der Waals surface area contributed by atoms with Crippen LogP contribution >= 0.6 is 23.4 Å². The van der Waals surface area contributed by atoms with Gasteiger partial charge in [0.25, 0.3) is 0 Å². The Morgan fingerprint density at radius 1 is 1.15 bits per heavy atom. The molecule has 20 heavy (non-hydrogen) atoms. The number of ketones is 1. The van der Waals surface area contributed by atoms with Crippen LogP contribution in [-0.2, 0) is 0 Å². The average molecular weight is 307 g/mol. The molecule has 104 valence electrons. The van der Waals surface area contributed by atoms with E-state index < -0.39 is 0 Å². The molecule has 0 heterocycles. The molecule has 0 aliphatic rings. The second-order valence-corrected chi connectivity index (χ2v) is 5.52. The number of benzene rings is 2. The highest BCUT2D eigenvalue weighted by Crippen LogP contribution is 2.27. The summed E-state index contributed by atoms with van der Waals surface area (Å²) in [5.41, 5.74) is 0.688. The van der Waals surface area contributed by atoms with Crippen molar-refractivity contribution in [3.8, 4) is 5.75 Å². The predicted molar refractivity (Wildman–Crippen MR) is 84.1 cm³/mol. The topological polar surface area (TPSA) is 26.3 Å². The summed E-state index contributed by atoms with van der Waals surface area (Å²) in [4.78, 5) is 13.0. The molecule has 0 aliphatic heterocycles. The van der Waals surface area contributed by atoms with Gasteiger partial charge in [0.1, 0.15) is 5.75 Å². The van der Waals surface area contributed by atoms with E-state index in [0.717, 1.165) is 10.6 Å². The predicted octanol–water partition coefficient (Wildman–Crippen LogP) is 4.71. The molecule has 0 saturated carbocycles. The third kappa shape index (κ3) is 4.02. The number of ether oxygens (including phenoxy) is 1. The molecule has 2 aromatic rings. The normalized spacial score (nSPS) is 10.3. The highest BCUT2D eigenvalue weighted by molar-refractivity contribution is 8.00. The fraction of sp³-hybridized carbons (Fsp3) is 0.188. The molecule has 0 atom stereocenters. The fourth-order valence-electron chi connectivity index (χ4n) is 1.69. The lowest BCUT2D eigenvalue weighted by molar-refractivity contribution is 0.102.